The fourth-order valence-corrected chi connectivity index (χ4v) is 5.55. The molecule has 24 heavy (non-hydrogen) atoms. The fourth-order valence-electron chi connectivity index (χ4n) is 3.84. The Morgan fingerprint density at radius 2 is 1.92 bits per heavy atom. The maximum absolute atomic E-state index is 12.6. The van der Waals surface area contributed by atoms with Crippen molar-refractivity contribution in [2.75, 3.05) is 12.9 Å². The summed E-state index contributed by atoms with van der Waals surface area (Å²) in [6.07, 6.45) is 5.47. The summed E-state index contributed by atoms with van der Waals surface area (Å²) in [5.74, 6) is 1.49. The minimum Gasteiger partial charge on any atom is -0.497 e. The summed E-state index contributed by atoms with van der Waals surface area (Å²) in [4.78, 5) is 24.7. The molecule has 2 amide bonds. The summed E-state index contributed by atoms with van der Waals surface area (Å²) in [5, 5.41) is 2.57. The molecule has 130 valence electrons. The van der Waals surface area contributed by atoms with Crippen LogP contribution in [-0.2, 0) is 9.59 Å². The molecule has 5 heteroatoms. The largest absolute Gasteiger partial charge is 0.497 e. The van der Waals surface area contributed by atoms with Crippen LogP contribution in [0.25, 0.3) is 0 Å². The molecule has 1 aliphatic carbocycles. The van der Waals surface area contributed by atoms with Crippen LogP contribution in [0.15, 0.2) is 24.3 Å². The molecule has 0 aromatic heterocycles. The Labute approximate surface area is 147 Å². The molecule has 2 fully saturated rings. The summed E-state index contributed by atoms with van der Waals surface area (Å²) in [7, 11) is 1.64. The van der Waals surface area contributed by atoms with E-state index in [9.17, 15) is 9.59 Å². The van der Waals surface area contributed by atoms with Crippen molar-refractivity contribution in [3.63, 3.8) is 0 Å². The number of carbonyl (C=O) groups is 2. The summed E-state index contributed by atoms with van der Waals surface area (Å²) in [6, 6.07) is 7.90. The van der Waals surface area contributed by atoms with E-state index < -0.39 is 4.75 Å². The predicted molar refractivity (Wildman–Crippen MR) is 96.3 cm³/mol. The molecule has 1 saturated carbocycles. The highest BCUT2D eigenvalue weighted by Crippen LogP contribution is 2.61. The third-order valence-electron chi connectivity index (χ3n) is 5.27. The lowest BCUT2D eigenvalue weighted by Gasteiger charge is -2.48. The number of benzene rings is 1. The second-order valence-electron chi connectivity index (χ2n) is 6.63. The van der Waals surface area contributed by atoms with E-state index in [-0.39, 0.29) is 23.7 Å². The molecule has 1 aliphatic heterocycles. The van der Waals surface area contributed by atoms with Crippen molar-refractivity contribution in [2.45, 2.75) is 49.7 Å². The van der Waals surface area contributed by atoms with Crippen LogP contribution < -0.4 is 10.1 Å². The van der Waals surface area contributed by atoms with Gasteiger partial charge in [-0.15, -0.1) is 11.8 Å². The number of rotatable bonds is 8. The summed E-state index contributed by atoms with van der Waals surface area (Å²) in [5.41, 5.74) is 1.12. The number of fused-ring (bicyclic) bond motifs is 1. The minimum atomic E-state index is -0.599. The van der Waals surface area contributed by atoms with Gasteiger partial charge < -0.3 is 4.74 Å². The van der Waals surface area contributed by atoms with Gasteiger partial charge in [0.1, 0.15) is 10.5 Å². The summed E-state index contributed by atoms with van der Waals surface area (Å²) >= 11 is 1.69. The van der Waals surface area contributed by atoms with Crippen LogP contribution in [0.5, 0.6) is 5.75 Å². The first-order valence-electron chi connectivity index (χ1n) is 8.76. The van der Waals surface area contributed by atoms with Gasteiger partial charge in [0.2, 0.25) is 11.8 Å². The van der Waals surface area contributed by atoms with E-state index in [0.717, 1.165) is 29.9 Å². The van der Waals surface area contributed by atoms with Crippen molar-refractivity contribution < 1.29 is 14.3 Å². The van der Waals surface area contributed by atoms with E-state index in [1.165, 1.54) is 19.3 Å². The number of hydrogen-bond acceptors (Lipinski definition) is 4. The molecule has 1 aromatic rings. The van der Waals surface area contributed by atoms with Gasteiger partial charge in [-0.2, -0.15) is 0 Å². The monoisotopic (exact) mass is 347 g/mol. The second kappa shape index (κ2) is 7.18. The molecular formula is C19H25NO3S. The smallest absolute Gasteiger partial charge is 0.244 e. The van der Waals surface area contributed by atoms with Crippen molar-refractivity contribution in [1.29, 1.82) is 0 Å². The average molecular weight is 347 g/mol. The van der Waals surface area contributed by atoms with E-state index in [4.69, 9.17) is 4.74 Å². The van der Waals surface area contributed by atoms with Crippen molar-refractivity contribution in [3.8, 4) is 5.75 Å². The third kappa shape index (κ3) is 2.83. The number of thioether (sulfide) groups is 1. The van der Waals surface area contributed by atoms with Crippen LogP contribution in [0.4, 0.5) is 0 Å². The summed E-state index contributed by atoms with van der Waals surface area (Å²) < 4.78 is 4.62. The zero-order chi connectivity index (χ0) is 17.2. The van der Waals surface area contributed by atoms with Crippen molar-refractivity contribution >= 4 is 23.6 Å². The van der Waals surface area contributed by atoms with Crippen molar-refractivity contribution in [3.05, 3.63) is 29.8 Å². The van der Waals surface area contributed by atoms with Crippen LogP contribution in [0.3, 0.4) is 0 Å². The third-order valence-corrected chi connectivity index (χ3v) is 7.00. The number of hydrogen-bond donors (Lipinski definition) is 1. The number of carbonyl (C=O) groups excluding carboxylic acids is 2. The molecule has 1 aromatic carbocycles. The van der Waals surface area contributed by atoms with Gasteiger partial charge in [0, 0.05) is 5.92 Å². The Balaban J connectivity index is 1.76. The van der Waals surface area contributed by atoms with Crippen molar-refractivity contribution in [1.82, 2.24) is 5.32 Å². The normalized spacial score (nSPS) is 28.2. The number of ether oxygens (including phenoxy) is 1. The Kier molecular flexibility index (Phi) is 5.18. The molecule has 3 atom stereocenters. The first-order valence-corrected chi connectivity index (χ1v) is 9.75. The maximum atomic E-state index is 12.6. The highest BCUT2D eigenvalue weighted by molar-refractivity contribution is 8.01. The predicted octanol–water partition coefficient (Wildman–Crippen LogP) is 3.51. The molecule has 1 N–H and O–H groups in total. The molecule has 0 unspecified atom stereocenters. The zero-order valence-electron chi connectivity index (χ0n) is 14.3. The molecule has 0 radical (unpaired) electrons. The van der Waals surface area contributed by atoms with Gasteiger partial charge >= 0.3 is 0 Å². The van der Waals surface area contributed by atoms with Crippen LogP contribution in [0, 0.1) is 5.92 Å². The number of methoxy groups -OCH3 is 1. The van der Waals surface area contributed by atoms with E-state index in [0.29, 0.717) is 0 Å². The standard InChI is InChI=1S/C19H25NO3S/c1-3-4-5-6-11-24-19-15(12-16(19)17(21)20-18(19)22)13-7-9-14(23-2)10-8-13/h7-10,15-16H,3-6,11-12H2,1-2H3,(H,20,21,22)/t15-,16+,19-/m0/s1. The minimum absolute atomic E-state index is 0.0918. The average Bonchev–Trinajstić information content (AvgIpc) is 2.74. The molecule has 4 nitrogen and oxygen atoms in total. The van der Waals surface area contributed by atoms with Gasteiger partial charge in [-0.05, 0) is 36.3 Å². The van der Waals surface area contributed by atoms with Crippen LogP contribution in [-0.4, -0.2) is 29.4 Å². The fraction of sp³-hybridized carbons (Fsp3) is 0.579. The van der Waals surface area contributed by atoms with Gasteiger partial charge in [-0.1, -0.05) is 38.3 Å². The maximum Gasteiger partial charge on any atom is 0.244 e. The van der Waals surface area contributed by atoms with Gasteiger partial charge in [0.15, 0.2) is 0 Å². The number of nitrogens with one attached hydrogen (secondary N) is 1. The first kappa shape index (κ1) is 17.3. The van der Waals surface area contributed by atoms with E-state index in [1.807, 2.05) is 24.3 Å². The Hall–Kier alpha value is -1.49. The highest BCUT2D eigenvalue weighted by atomic mass is 32.2. The van der Waals surface area contributed by atoms with Crippen LogP contribution in [0.1, 0.15) is 50.5 Å². The van der Waals surface area contributed by atoms with E-state index in [2.05, 4.69) is 12.2 Å². The van der Waals surface area contributed by atoms with Gasteiger partial charge in [-0.25, -0.2) is 0 Å². The Morgan fingerprint density at radius 1 is 1.17 bits per heavy atom. The quantitative estimate of drug-likeness (QED) is 0.577. The molecule has 1 saturated heterocycles. The van der Waals surface area contributed by atoms with Gasteiger partial charge in [0.05, 0.1) is 13.0 Å². The van der Waals surface area contributed by atoms with E-state index in [1.54, 1.807) is 18.9 Å². The second-order valence-corrected chi connectivity index (χ2v) is 8.01. The molecular weight excluding hydrogens is 322 g/mol. The highest BCUT2D eigenvalue weighted by Gasteiger charge is 2.67. The summed E-state index contributed by atoms with van der Waals surface area (Å²) in [6.45, 7) is 2.19. The van der Waals surface area contributed by atoms with Gasteiger partial charge in [0.25, 0.3) is 0 Å². The molecule has 2 aliphatic rings. The lowest BCUT2D eigenvalue weighted by molar-refractivity contribution is -0.125. The molecule has 3 rings (SSSR count). The lowest BCUT2D eigenvalue weighted by Crippen LogP contribution is -2.54. The topological polar surface area (TPSA) is 55.4 Å². The zero-order valence-corrected chi connectivity index (χ0v) is 15.2. The van der Waals surface area contributed by atoms with Gasteiger partial charge in [-0.3, -0.25) is 14.9 Å². The molecule has 0 bridgehead atoms. The Morgan fingerprint density at radius 3 is 2.54 bits per heavy atom. The van der Waals surface area contributed by atoms with Crippen LogP contribution >= 0.6 is 11.8 Å². The first-order chi connectivity index (χ1) is 11.6. The number of amides is 2. The number of imide groups is 1. The number of unbranched alkanes of at least 4 members (excludes halogenated alkanes) is 3. The SMILES string of the molecule is CCCCCCS[C@]12C(=O)NC(=O)[C@H]1C[C@H]2c1ccc(OC)cc1. The Bertz CT molecular complexity index is 616. The van der Waals surface area contributed by atoms with Crippen LogP contribution in [0.2, 0.25) is 0 Å². The molecule has 1 heterocycles. The van der Waals surface area contributed by atoms with E-state index >= 15 is 0 Å². The van der Waals surface area contributed by atoms with Crippen molar-refractivity contribution in [2.24, 2.45) is 5.92 Å². The molecule has 0 spiro atoms. The lowest BCUT2D eigenvalue weighted by atomic mass is 9.62.